The van der Waals surface area contributed by atoms with Crippen LogP contribution in [0.25, 0.3) is 45.1 Å². The first-order chi connectivity index (χ1) is 13.8. The number of fused-ring (bicyclic) bond motifs is 2. The first-order valence-corrected chi connectivity index (χ1v) is 9.17. The number of nitrogens with one attached hydrogen (secondary N) is 2. The summed E-state index contributed by atoms with van der Waals surface area (Å²) in [6.45, 7) is 0.574. The quantitative estimate of drug-likeness (QED) is 0.437. The van der Waals surface area contributed by atoms with Crippen LogP contribution in [0.2, 0.25) is 0 Å². The molecule has 0 saturated carbocycles. The van der Waals surface area contributed by atoms with Gasteiger partial charge >= 0.3 is 0 Å². The molecular formula is C22H19N5O. The molecule has 3 N–H and O–H groups in total. The Hall–Kier alpha value is -3.64. The number of H-pyrrole nitrogens is 2. The molecule has 28 heavy (non-hydrogen) atoms. The maximum absolute atomic E-state index is 8.98. The van der Waals surface area contributed by atoms with E-state index in [1.54, 1.807) is 10.9 Å². The van der Waals surface area contributed by atoms with E-state index in [1.165, 1.54) is 10.9 Å². The van der Waals surface area contributed by atoms with Crippen molar-refractivity contribution in [2.45, 2.75) is 6.54 Å². The van der Waals surface area contributed by atoms with Crippen LogP contribution in [0.1, 0.15) is 11.3 Å². The van der Waals surface area contributed by atoms with Gasteiger partial charge in [0.1, 0.15) is 0 Å². The molecule has 3 heterocycles. The molecule has 6 nitrogen and oxygen atoms in total. The second kappa shape index (κ2) is 6.83. The van der Waals surface area contributed by atoms with Gasteiger partial charge in [0, 0.05) is 28.9 Å². The lowest BCUT2D eigenvalue weighted by Crippen LogP contribution is -2.01. The Bertz CT molecular complexity index is 1290. The molecule has 0 spiro atoms. The third kappa shape index (κ3) is 3.00. The van der Waals surface area contributed by atoms with E-state index >= 15 is 0 Å². The van der Waals surface area contributed by atoms with Crippen LogP contribution in [-0.2, 0) is 6.54 Å². The molecule has 0 aliphatic heterocycles. The van der Waals surface area contributed by atoms with Gasteiger partial charge in [-0.3, -0.25) is 9.78 Å². The molecule has 0 saturated heterocycles. The van der Waals surface area contributed by atoms with E-state index in [-0.39, 0.29) is 6.61 Å². The van der Waals surface area contributed by atoms with Gasteiger partial charge in [-0.1, -0.05) is 12.1 Å². The van der Waals surface area contributed by atoms with Crippen molar-refractivity contribution in [3.05, 3.63) is 72.3 Å². The lowest BCUT2D eigenvalue weighted by atomic mass is 10.0. The summed E-state index contributed by atoms with van der Waals surface area (Å²) >= 11 is 0. The molecule has 0 amide bonds. The average molecular weight is 369 g/mol. The molecule has 0 atom stereocenters. The van der Waals surface area contributed by atoms with Crippen molar-refractivity contribution in [1.29, 1.82) is 0 Å². The zero-order chi connectivity index (χ0) is 18.9. The summed E-state index contributed by atoms with van der Waals surface area (Å²) in [5, 5.41) is 23.0. The third-order valence-electron chi connectivity index (χ3n) is 4.89. The van der Waals surface area contributed by atoms with Crippen molar-refractivity contribution >= 4 is 34.0 Å². The fraction of sp³-hybridized carbons (Fsp3) is 0.0909. The van der Waals surface area contributed by atoms with E-state index in [4.69, 9.17) is 5.11 Å². The van der Waals surface area contributed by atoms with E-state index in [1.807, 2.05) is 24.5 Å². The predicted octanol–water partition coefficient (Wildman–Crippen LogP) is 4.07. The van der Waals surface area contributed by atoms with Gasteiger partial charge in [0.15, 0.2) is 0 Å². The molecule has 0 aliphatic carbocycles. The average Bonchev–Trinajstić information content (AvgIpc) is 3.45. The van der Waals surface area contributed by atoms with Crippen LogP contribution in [0.5, 0.6) is 0 Å². The van der Waals surface area contributed by atoms with E-state index in [9.17, 15) is 0 Å². The molecule has 0 bridgehead atoms. The van der Waals surface area contributed by atoms with E-state index < -0.39 is 0 Å². The summed E-state index contributed by atoms with van der Waals surface area (Å²) in [7, 11) is 0. The van der Waals surface area contributed by atoms with E-state index in [0.717, 1.165) is 33.2 Å². The summed E-state index contributed by atoms with van der Waals surface area (Å²) in [5.41, 5.74) is 6.33. The van der Waals surface area contributed by atoms with Crippen molar-refractivity contribution in [3.63, 3.8) is 0 Å². The van der Waals surface area contributed by atoms with Gasteiger partial charge in [0.25, 0.3) is 0 Å². The molecule has 0 unspecified atom stereocenters. The molecule has 3 aromatic heterocycles. The highest BCUT2D eigenvalue weighted by atomic mass is 16.3. The lowest BCUT2D eigenvalue weighted by molar-refractivity contribution is 0.269. The second-order valence-corrected chi connectivity index (χ2v) is 6.74. The number of rotatable bonds is 5. The minimum Gasteiger partial charge on any atom is -0.394 e. The van der Waals surface area contributed by atoms with Gasteiger partial charge in [-0.2, -0.15) is 10.2 Å². The molecule has 138 valence electrons. The maximum Gasteiger partial charge on any atom is 0.0927 e. The second-order valence-electron chi connectivity index (χ2n) is 6.74. The van der Waals surface area contributed by atoms with E-state index in [0.29, 0.717) is 6.54 Å². The van der Waals surface area contributed by atoms with Crippen molar-refractivity contribution in [3.8, 4) is 11.1 Å². The molecule has 5 aromatic rings. The van der Waals surface area contributed by atoms with Gasteiger partial charge < -0.3 is 10.1 Å². The number of aliphatic hydroxyl groups excluding tert-OH is 1. The van der Waals surface area contributed by atoms with Crippen molar-refractivity contribution in [2.75, 3.05) is 6.61 Å². The fourth-order valence-corrected chi connectivity index (χ4v) is 3.45. The van der Waals surface area contributed by atoms with Gasteiger partial charge in [-0.15, -0.1) is 0 Å². The number of hydrogen-bond acceptors (Lipinski definition) is 3. The highest BCUT2D eigenvalue weighted by Gasteiger charge is 2.06. The third-order valence-corrected chi connectivity index (χ3v) is 4.89. The molecule has 0 fully saturated rings. The molecule has 0 aliphatic rings. The minimum atomic E-state index is 0.0776. The number of benzene rings is 2. The van der Waals surface area contributed by atoms with Crippen molar-refractivity contribution in [2.24, 2.45) is 0 Å². The Labute approximate surface area is 161 Å². The Morgan fingerprint density at radius 1 is 1.00 bits per heavy atom. The Balaban J connectivity index is 1.44. The van der Waals surface area contributed by atoms with Crippen molar-refractivity contribution in [1.82, 2.24) is 25.0 Å². The Kier molecular flexibility index (Phi) is 4.03. The summed E-state index contributed by atoms with van der Waals surface area (Å²) in [5.74, 6) is 0. The number of nitrogens with zero attached hydrogens (tertiary/aromatic N) is 3. The Morgan fingerprint density at radius 2 is 1.89 bits per heavy atom. The summed E-state index contributed by atoms with van der Waals surface area (Å²) in [4.78, 5) is 3.23. The number of hydrogen-bond donors (Lipinski definition) is 3. The van der Waals surface area contributed by atoms with Crippen LogP contribution in [-0.4, -0.2) is 36.7 Å². The fourth-order valence-electron chi connectivity index (χ4n) is 3.45. The lowest BCUT2D eigenvalue weighted by Gasteiger charge is -2.02. The molecule has 2 aromatic carbocycles. The zero-order valence-electron chi connectivity index (χ0n) is 15.1. The van der Waals surface area contributed by atoms with Crippen LogP contribution in [0.15, 0.2) is 61.1 Å². The molecule has 5 rings (SSSR count). The van der Waals surface area contributed by atoms with Crippen LogP contribution in [0, 0.1) is 0 Å². The largest absolute Gasteiger partial charge is 0.394 e. The highest BCUT2D eigenvalue weighted by molar-refractivity contribution is 5.93. The molecular weight excluding hydrogens is 350 g/mol. The first-order valence-electron chi connectivity index (χ1n) is 9.17. The van der Waals surface area contributed by atoms with Crippen LogP contribution in [0.4, 0.5) is 0 Å². The van der Waals surface area contributed by atoms with E-state index in [2.05, 4.69) is 62.7 Å². The number of aromatic nitrogens is 5. The smallest absolute Gasteiger partial charge is 0.0927 e. The van der Waals surface area contributed by atoms with Crippen LogP contribution in [0.3, 0.4) is 0 Å². The normalized spacial score (nSPS) is 11.9. The van der Waals surface area contributed by atoms with Gasteiger partial charge in [-0.05, 0) is 59.0 Å². The van der Waals surface area contributed by atoms with Gasteiger partial charge in [-0.25, -0.2) is 0 Å². The van der Waals surface area contributed by atoms with Crippen LogP contribution >= 0.6 is 0 Å². The number of aliphatic hydroxyl groups is 1. The highest BCUT2D eigenvalue weighted by Crippen LogP contribution is 2.28. The monoisotopic (exact) mass is 369 g/mol. The van der Waals surface area contributed by atoms with Crippen LogP contribution < -0.4 is 0 Å². The molecule has 0 radical (unpaired) electrons. The first kappa shape index (κ1) is 16.5. The number of aromatic amines is 2. The summed E-state index contributed by atoms with van der Waals surface area (Å²) in [6, 6.07) is 14.9. The topological polar surface area (TPSA) is 82.5 Å². The maximum atomic E-state index is 8.98. The standard InChI is InChI=1S/C22H19N5O/c28-10-9-27-14-15(13-24-27)1-5-21-19-4-2-17(12-22(19)26-25-21)16-3-6-20-18(11-16)7-8-23-20/h1-8,11-14,23,28H,9-10H2,(H,25,26)/b5-1+. The summed E-state index contributed by atoms with van der Waals surface area (Å²) < 4.78 is 1.72. The molecule has 6 heteroatoms. The SMILES string of the molecule is OCCn1cc(/C=C/c2n[nH]c3cc(-c4ccc5[nH]ccc5c4)ccc23)cn1. The summed E-state index contributed by atoms with van der Waals surface area (Å²) in [6.07, 6.45) is 9.58. The van der Waals surface area contributed by atoms with Gasteiger partial charge in [0.05, 0.1) is 30.6 Å². The van der Waals surface area contributed by atoms with Gasteiger partial charge in [0.2, 0.25) is 0 Å². The zero-order valence-corrected chi connectivity index (χ0v) is 15.1. The Morgan fingerprint density at radius 3 is 2.82 bits per heavy atom. The predicted molar refractivity (Wildman–Crippen MR) is 112 cm³/mol. The minimum absolute atomic E-state index is 0.0776. The van der Waals surface area contributed by atoms with Crippen molar-refractivity contribution < 1.29 is 5.11 Å².